The SMILES string of the molecule is C=CCN(CC=C)C1(N(CC=C)CC=C)CCCCC1. The Morgan fingerprint density at radius 2 is 1.00 bits per heavy atom. The Balaban J connectivity index is 3.08. The molecule has 1 aliphatic rings. The fourth-order valence-electron chi connectivity index (χ4n) is 3.40. The van der Waals surface area contributed by atoms with E-state index in [-0.39, 0.29) is 5.66 Å². The molecule has 1 saturated carbocycles. The molecular formula is C18H30N2. The maximum Gasteiger partial charge on any atom is 0.0748 e. The van der Waals surface area contributed by atoms with E-state index in [9.17, 15) is 0 Å². The molecule has 0 radical (unpaired) electrons. The van der Waals surface area contributed by atoms with Gasteiger partial charge in [-0.05, 0) is 12.8 Å². The third kappa shape index (κ3) is 3.94. The molecule has 2 nitrogen and oxygen atoms in total. The molecule has 0 unspecified atom stereocenters. The zero-order chi connectivity index (χ0) is 14.8. The Labute approximate surface area is 125 Å². The van der Waals surface area contributed by atoms with Gasteiger partial charge in [-0.2, -0.15) is 0 Å². The van der Waals surface area contributed by atoms with Gasteiger partial charge in [0, 0.05) is 26.2 Å². The molecule has 0 saturated heterocycles. The van der Waals surface area contributed by atoms with Crippen LogP contribution < -0.4 is 0 Å². The van der Waals surface area contributed by atoms with Crippen LogP contribution in [0.1, 0.15) is 32.1 Å². The van der Waals surface area contributed by atoms with E-state index < -0.39 is 0 Å². The van der Waals surface area contributed by atoms with Crippen molar-refractivity contribution in [3.05, 3.63) is 50.6 Å². The molecule has 1 fully saturated rings. The summed E-state index contributed by atoms with van der Waals surface area (Å²) in [6, 6.07) is 0. The van der Waals surface area contributed by atoms with Gasteiger partial charge in [0.05, 0.1) is 5.66 Å². The Morgan fingerprint density at radius 3 is 1.30 bits per heavy atom. The standard InChI is InChI=1S/C18H30N2/c1-5-14-19(15-6-2)18(12-10-9-11-13-18)20(16-7-3)17-8-4/h5-8H,1-4,9-17H2. The predicted octanol–water partition coefficient (Wildman–Crippen LogP) is 3.99. The molecule has 0 bridgehead atoms. The molecule has 0 aliphatic heterocycles. The molecule has 1 aliphatic carbocycles. The zero-order valence-electron chi connectivity index (χ0n) is 12.9. The molecule has 2 heteroatoms. The average molecular weight is 274 g/mol. The summed E-state index contributed by atoms with van der Waals surface area (Å²) in [5, 5.41) is 0. The van der Waals surface area contributed by atoms with E-state index in [1.165, 1.54) is 32.1 Å². The highest BCUT2D eigenvalue weighted by Crippen LogP contribution is 2.36. The van der Waals surface area contributed by atoms with Crippen molar-refractivity contribution in [3.63, 3.8) is 0 Å². The van der Waals surface area contributed by atoms with Gasteiger partial charge in [-0.3, -0.25) is 9.80 Å². The van der Waals surface area contributed by atoms with Gasteiger partial charge in [0.1, 0.15) is 0 Å². The van der Waals surface area contributed by atoms with Gasteiger partial charge in [0.2, 0.25) is 0 Å². The van der Waals surface area contributed by atoms with Crippen molar-refractivity contribution in [3.8, 4) is 0 Å². The molecule has 0 atom stereocenters. The van der Waals surface area contributed by atoms with Crippen LogP contribution in [0.25, 0.3) is 0 Å². The van der Waals surface area contributed by atoms with Crippen molar-refractivity contribution in [2.24, 2.45) is 0 Å². The van der Waals surface area contributed by atoms with E-state index in [2.05, 4.69) is 36.1 Å². The van der Waals surface area contributed by atoms with E-state index >= 15 is 0 Å². The van der Waals surface area contributed by atoms with Gasteiger partial charge in [-0.15, -0.1) is 26.3 Å². The van der Waals surface area contributed by atoms with Gasteiger partial charge < -0.3 is 0 Å². The summed E-state index contributed by atoms with van der Waals surface area (Å²) >= 11 is 0. The van der Waals surface area contributed by atoms with Crippen LogP contribution in [-0.2, 0) is 0 Å². The third-order valence-corrected chi connectivity index (χ3v) is 4.23. The van der Waals surface area contributed by atoms with Crippen LogP contribution in [-0.4, -0.2) is 41.6 Å². The fourth-order valence-corrected chi connectivity index (χ4v) is 3.40. The minimum absolute atomic E-state index is 0.100. The van der Waals surface area contributed by atoms with E-state index in [1.54, 1.807) is 0 Å². The molecule has 1 rings (SSSR count). The highest BCUT2D eigenvalue weighted by molar-refractivity contribution is 5.00. The molecule has 0 heterocycles. The normalized spacial score (nSPS) is 17.9. The topological polar surface area (TPSA) is 6.48 Å². The van der Waals surface area contributed by atoms with E-state index in [0.717, 1.165) is 26.2 Å². The van der Waals surface area contributed by atoms with Gasteiger partial charge in [0.25, 0.3) is 0 Å². The lowest BCUT2D eigenvalue weighted by atomic mass is 9.85. The Hall–Kier alpha value is -1.12. The predicted molar refractivity (Wildman–Crippen MR) is 89.8 cm³/mol. The Morgan fingerprint density at radius 1 is 0.650 bits per heavy atom. The summed E-state index contributed by atoms with van der Waals surface area (Å²) in [6.07, 6.45) is 14.3. The van der Waals surface area contributed by atoms with Crippen LogP contribution in [0.15, 0.2) is 50.6 Å². The van der Waals surface area contributed by atoms with Crippen molar-refractivity contribution < 1.29 is 0 Å². The molecule has 20 heavy (non-hydrogen) atoms. The molecule has 0 N–H and O–H groups in total. The number of hydrogen-bond acceptors (Lipinski definition) is 2. The summed E-state index contributed by atoms with van der Waals surface area (Å²) in [5.74, 6) is 0. The first-order valence-electron chi connectivity index (χ1n) is 7.69. The number of hydrogen-bond donors (Lipinski definition) is 0. The first-order valence-corrected chi connectivity index (χ1v) is 7.69. The summed E-state index contributed by atoms with van der Waals surface area (Å²) in [4.78, 5) is 5.03. The quantitative estimate of drug-likeness (QED) is 0.439. The number of nitrogens with zero attached hydrogens (tertiary/aromatic N) is 2. The second-order valence-electron chi connectivity index (χ2n) is 5.51. The monoisotopic (exact) mass is 274 g/mol. The van der Waals surface area contributed by atoms with E-state index in [0.29, 0.717) is 0 Å². The molecule has 0 aromatic rings. The smallest absolute Gasteiger partial charge is 0.0748 e. The molecule has 0 aromatic heterocycles. The molecule has 112 valence electrons. The highest BCUT2D eigenvalue weighted by atomic mass is 15.4. The van der Waals surface area contributed by atoms with Crippen LogP contribution in [0.3, 0.4) is 0 Å². The average Bonchev–Trinajstić information content (AvgIpc) is 2.47. The molecule has 0 aromatic carbocycles. The minimum atomic E-state index is 0.100. The van der Waals surface area contributed by atoms with E-state index in [4.69, 9.17) is 0 Å². The van der Waals surface area contributed by atoms with Crippen molar-refractivity contribution >= 4 is 0 Å². The summed E-state index contributed by atoms with van der Waals surface area (Å²) in [5.41, 5.74) is 0.100. The maximum atomic E-state index is 3.93. The lowest BCUT2D eigenvalue weighted by molar-refractivity contribution is -0.0628. The lowest BCUT2D eigenvalue weighted by Gasteiger charge is -2.52. The number of rotatable bonds is 10. The second kappa shape index (κ2) is 8.93. The van der Waals surface area contributed by atoms with Gasteiger partial charge >= 0.3 is 0 Å². The lowest BCUT2D eigenvalue weighted by Crippen LogP contribution is -2.61. The first kappa shape index (κ1) is 16.9. The second-order valence-corrected chi connectivity index (χ2v) is 5.51. The first-order chi connectivity index (χ1) is 9.75. The third-order valence-electron chi connectivity index (χ3n) is 4.23. The zero-order valence-corrected chi connectivity index (χ0v) is 12.9. The Kier molecular flexibility index (Phi) is 7.56. The van der Waals surface area contributed by atoms with Crippen molar-refractivity contribution in [2.45, 2.75) is 37.8 Å². The minimum Gasteiger partial charge on any atom is -0.278 e. The van der Waals surface area contributed by atoms with Gasteiger partial charge in [-0.25, -0.2) is 0 Å². The van der Waals surface area contributed by atoms with Crippen molar-refractivity contribution in [1.29, 1.82) is 0 Å². The maximum absolute atomic E-state index is 3.93. The van der Waals surface area contributed by atoms with Crippen molar-refractivity contribution in [1.82, 2.24) is 9.80 Å². The van der Waals surface area contributed by atoms with Crippen LogP contribution >= 0.6 is 0 Å². The van der Waals surface area contributed by atoms with Crippen LogP contribution in [0, 0.1) is 0 Å². The van der Waals surface area contributed by atoms with Crippen LogP contribution in [0.5, 0.6) is 0 Å². The summed E-state index contributed by atoms with van der Waals surface area (Å²) in [6.45, 7) is 19.3. The van der Waals surface area contributed by atoms with Gasteiger partial charge in [0.15, 0.2) is 0 Å². The highest BCUT2D eigenvalue weighted by Gasteiger charge is 2.41. The summed E-state index contributed by atoms with van der Waals surface area (Å²) < 4.78 is 0. The molecule has 0 spiro atoms. The van der Waals surface area contributed by atoms with Crippen LogP contribution in [0.2, 0.25) is 0 Å². The molecular weight excluding hydrogens is 244 g/mol. The fraction of sp³-hybridized carbons (Fsp3) is 0.556. The van der Waals surface area contributed by atoms with Crippen molar-refractivity contribution in [2.75, 3.05) is 26.2 Å². The Bertz CT molecular complexity index is 280. The molecule has 0 amide bonds. The van der Waals surface area contributed by atoms with E-state index in [1.807, 2.05) is 24.3 Å². The summed E-state index contributed by atoms with van der Waals surface area (Å²) in [7, 11) is 0. The van der Waals surface area contributed by atoms with Crippen LogP contribution in [0.4, 0.5) is 0 Å². The largest absolute Gasteiger partial charge is 0.278 e. The van der Waals surface area contributed by atoms with Gasteiger partial charge in [-0.1, -0.05) is 43.6 Å².